The summed E-state index contributed by atoms with van der Waals surface area (Å²) in [7, 11) is 0. The maximum Gasteiger partial charge on any atom is 0.308 e. The summed E-state index contributed by atoms with van der Waals surface area (Å²) in [6.07, 6.45) is 4.06. The molecule has 234 valence electrons. The quantitative estimate of drug-likeness (QED) is 0.242. The van der Waals surface area contributed by atoms with Crippen LogP contribution < -0.4 is 10.6 Å². The molecule has 44 heavy (non-hydrogen) atoms. The zero-order valence-electron chi connectivity index (χ0n) is 25.8. The van der Waals surface area contributed by atoms with Gasteiger partial charge in [-0.3, -0.25) is 14.4 Å². The number of carbonyl (C=O) groups is 3. The molecular formula is C34H39Cl2N3O5. The number of rotatable bonds is 7. The number of nitrogens with zero attached hydrogens (tertiary/aromatic N) is 1. The monoisotopic (exact) mass is 639 g/mol. The Bertz CT molecular complexity index is 1510. The Labute approximate surface area is 268 Å². The molecule has 4 rings (SSSR count). The van der Waals surface area contributed by atoms with Gasteiger partial charge in [0.1, 0.15) is 5.75 Å². The van der Waals surface area contributed by atoms with Gasteiger partial charge < -0.3 is 20.5 Å². The van der Waals surface area contributed by atoms with E-state index in [1.165, 1.54) is 0 Å². The third-order valence-corrected chi connectivity index (χ3v) is 8.10. The van der Waals surface area contributed by atoms with Crippen molar-refractivity contribution in [1.82, 2.24) is 10.6 Å². The molecule has 2 aliphatic rings. The van der Waals surface area contributed by atoms with Crippen LogP contribution in [-0.4, -0.2) is 47.4 Å². The number of hydrogen-bond acceptors (Lipinski definition) is 6. The molecule has 10 heteroatoms. The number of nitrogens with one attached hydrogen (secondary N) is 2. The zero-order chi connectivity index (χ0) is 32.4. The van der Waals surface area contributed by atoms with E-state index in [1.54, 1.807) is 48.6 Å². The highest BCUT2D eigenvalue weighted by Crippen LogP contribution is 2.40. The Morgan fingerprint density at radius 2 is 1.68 bits per heavy atom. The number of fused-ring (bicyclic) bond motifs is 1. The SMILES string of the molecule is CC(C)(C)c1cc(C(=O)NCCCC(=O)OC2N=C(c3ccccc3Cl)C3C=C(Cl)C=CC3NC2=O)cc(C(C)(C)C)c1O. The topological polar surface area (TPSA) is 117 Å². The van der Waals surface area contributed by atoms with E-state index in [0.717, 1.165) is 0 Å². The fourth-order valence-electron chi connectivity index (χ4n) is 5.17. The Balaban J connectivity index is 1.43. The Hall–Kier alpha value is -3.62. The predicted molar refractivity (Wildman–Crippen MR) is 173 cm³/mol. The van der Waals surface area contributed by atoms with E-state index in [9.17, 15) is 19.5 Å². The van der Waals surface area contributed by atoms with Crippen LogP contribution in [0.2, 0.25) is 5.02 Å². The lowest BCUT2D eigenvalue weighted by molar-refractivity contribution is -0.155. The molecule has 0 saturated heterocycles. The second kappa shape index (κ2) is 13.2. The number of benzene rings is 2. The van der Waals surface area contributed by atoms with Crippen LogP contribution in [0, 0.1) is 5.92 Å². The average Bonchev–Trinajstić information content (AvgIpc) is 3.06. The first-order valence-corrected chi connectivity index (χ1v) is 15.4. The van der Waals surface area contributed by atoms with E-state index in [0.29, 0.717) is 38.0 Å². The van der Waals surface area contributed by atoms with Crippen LogP contribution in [0.1, 0.15) is 81.4 Å². The van der Waals surface area contributed by atoms with Crippen LogP contribution in [0.25, 0.3) is 0 Å². The molecule has 2 aromatic carbocycles. The summed E-state index contributed by atoms with van der Waals surface area (Å²) in [5.74, 6) is -1.72. The van der Waals surface area contributed by atoms with E-state index >= 15 is 0 Å². The summed E-state index contributed by atoms with van der Waals surface area (Å²) in [4.78, 5) is 43.5. The van der Waals surface area contributed by atoms with Gasteiger partial charge in [-0.25, -0.2) is 4.99 Å². The van der Waals surface area contributed by atoms with E-state index in [1.807, 2.05) is 47.6 Å². The average molecular weight is 641 g/mol. The predicted octanol–water partition coefficient (Wildman–Crippen LogP) is 6.32. The number of amides is 2. The van der Waals surface area contributed by atoms with Gasteiger partial charge >= 0.3 is 5.97 Å². The highest BCUT2D eigenvalue weighted by Gasteiger charge is 2.36. The molecule has 3 unspecified atom stereocenters. The summed E-state index contributed by atoms with van der Waals surface area (Å²) >= 11 is 12.8. The van der Waals surface area contributed by atoms with Gasteiger partial charge in [-0.2, -0.15) is 0 Å². The van der Waals surface area contributed by atoms with Crippen molar-refractivity contribution in [3.63, 3.8) is 0 Å². The number of allylic oxidation sites excluding steroid dienone is 2. The minimum Gasteiger partial charge on any atom is -0.507 e. The van der Waals surface area contributed by atoms with Gasteiger partial charge in [-0.1, -0.05) is 95.1 Å². The molecule has 1 aliphatic heterocycles. The Morgan fingerprint density at radius 1 is 1.05 bits per heavy atom. The molecule has 3 atom stereocenters. The van der Waals surface area contributed by atoms with E-state index < -0.39 is 30.1 Å². The molecule has 1 heterocycles. The van der Waals surface area contributed by atoms with Crippen molar-refractivity contribution >= 4 is 46.7 Å². The van der Waals surface area contributed by atoms with Crippen LogP contribution in [0.5, 0.6) is 5.75 Å². The van der Waals surface area contributed by atoms with Crippen LogP contribution in [0.4, 0.5) is 0 Å². The second-order valence-corrected chi connectivity index (χ2v) is 13.9. The fraction of sp³-hybridized carbons (Fsp3) is 0.412. The third-order valence-electron chi connectivity index (χ3n) is 7.52. The number of hydrogen-bond donors (Lipinski definition) is 3. The van der Waals surface area contributed by atoms with Gasteiger partial charge in [-0.05, 0) is 41.5 Å². The molecule has 0 fully saturated rings. The van der Waals surface area contributed by atoms with Gasteiger partial charge in [0.25, 0.3) is 18.0 Å². The highest BCUT2D eigenvalue weighted by molar-refractivity contribution is 6.35. The number of phenolic OH excluding ortho intramolecular Hbond substituents is 1. The molecule has 0 bridgehead atoms. The lowest BCUT2D eigenvalue weighted by atomic mass is 9.78. The highest BCUT2D eigenvalue weighted by atomic mass is 35.5. The Morgan fingerprint density at radius 3 is 2.30 bits per heavy atom. The lowest BCUT2D eigenvalue weighted by Gasteiger charge is -2.28. The summed E-state index contributed by atoms with van der Waals surface area (Å²) in [6.45, 7) is 12.1. The molecule has 2 amide bonds. The fourth-order valence-corrected chi connectivity index (χ4v) is 5.61. The summed E-state index contributed by atoms with van der Waals surface area (Å²) in [5, 5.41) is 17.6. The first-order chi connectivity index (χ1) is 20.6. The molecule has 1 aliphatic carbocycles. The molecular weight excluding hydrogens is 601 g/mol. The number of halogens is 2. The van der Waals surface area contributed by atoms with Gasteiger partial charge in [-0.15, -0.1) is 0 Å². The summed E-state index contributed by atoms with van der Waals surface area (Å²) < 4.78 is 5.52. The molecule has 8 nitrogen and oxygen atoms in total. The van der Waals surface area contributed by atoms with Crippen molar-refractivity contribution in [2.75, 3.05) is 6.54 Å². The molecule has 0 saturated carbocycles. The van der Waals surface area contributed by atoms with Gasteiger partial charge in [0.15, 0.2) is 0 Å². The third kappa shape index (κ3) is 7.71. The minimum atomic E-state index is -1.42. The standard InChI is InChI=1S/C34H39Cl2N3O5/c1-33(2,3)23-16-19(17-24(29(23)41)34(4,5)6)30(42)37-15-9-12-27(40)44-32-31(43)38-26-14-13-20(35)18-22(26)28(39-32)21-10-7-8-11-25(21)36/h7-8,10-11,13-14,16-18,22,26,32,41H,9,12,15H2,1-6H3,(H,37,42)(H,38,43). The van der Waals surface area contributed by atoms with Crippen molar-refractivity contribution < 1.29 is 24.2 Å². The number of esters is 1. The second-order valence-electron chi connectivity index (χ2n) is 13.1. The number of carbonyl (C=O) groups excluding carboxylic acids is 3. The van der Waals surface area contributed by atoms with Crippen molar-refractivity contribution in [2.45, 2.75) is 77.5 Å². The van der Waals surface area contributed by atoms with Crippen LogP contribution in [-0.2, 0) is 25.2 Å². The van der Waals surface area contributed by atoms with Crippen LogP contribution in [0.15, 0.2) is 64.7 Å². The first-order valence-electron chi connectivity index (χ1n) is 14.6. The molecule has 0 aromatic heterocycles. The number of aliphatic imine (C=N–C) groups is 1. The maximum absolute atomic E-state index is 13.1. The van der Waals surface area contributed by atoms with Crippen LogP contribution in [0.3, 0.4) is 0 Å². The smallest absolute Gasteiger partial charge is 0.308 e. The van der Waals surface area contributed by atoms with Gasteiger partial charge in [0, 0.05) is 51.2 Å². The lowest BCUT2D eigenvalue weighted by Crippen LogP contribution is -2.43. The van der Waals surface area contributed by atoms with E-state index in [2.05, 4.69) is 15.6 Å². The first kappa shape index (κ1) is 33.3. The van der Waals surface area contributed by atoms with Gasteiger partial charge in [0.2, 0.25) is 0 Å². The molecule has 3 N–H and O–H groups in total. The minimum absolute atomic E-state index is 0.0461. The largest absolute Gasteiger partial charge is 0.507 e. The number of phenols is 1. The number of aromatic hydroxyl groups is 1. The van der Waals surface area contributed by atoms with E-state index in [-0.39, 0.29) is 41.9 Å². The molecule has 0 radical (unpaired) electrons. The van der Waals surface area contributed by atoms with E-state index in [4.69, 9.17) is 27.9 Å². The summed E-state index contributed by atoms with van der Waals surface area (Å²) in [5.41, 5.74) is 2.14. The summed E-state index contributed by atoms with van der Waals surface area (Å²) in [6, 6.07) is 10.1. The normalized spacial score (nSPS) is 20.1. The van der Waals surface area contributed by atoms with Crippen molar-refractivity contribution in [2.24, 2.45) is 10.9 Å². The van der Waals surface area contributed by atoms with Crippen molar-refractivity contribution in [1.29, 1.82) is 0 Å². The van der Waals surface area contributed by atoms with Crippen molar-refractivity contribution in [3.8, 4) is 5.75 Å². The van der Waals surface area contributed by atoms with Crippen LogP contribution >= 0.6 is 23.2 Å². The molecule has 2 aromatic rings. The number of ether oxygens (including phenoxy) is 1. The zero-order valence-corrected chi connectivity index (χ0v) is 27.3. The maximum atomic E-state index is 13.1. The van der Waals surface area contributed by atoms with Gasteiger partial charge in [0.05, 0.1) is 11.8 Å². The van der Waals surface area contributed by atoms with Crippen molar-refractivity contribution in [3.05, 3.63) is 86.9 Å². The molecule has 0 spiro atoms. The Kier molecular flexibility index (Phi) is 9.96.